The third kappa shape index (κ3) is 1.28. The van der Waals surface area contributed by atoms with Gasteiger partial charge in [0.15, 0.2) is 0 Å². The van der Waals surface area contributed by atoms with Crippen LogP contribution in [-0.4, -0.2) is 32.1 Å². The first kappa shape index (κ1) is 12.1. The Bertz CT molecular complexity index is 366. The summed E-state index contributed by atoms with van der Waals surface area (Å²) < 4.78 is 0.858. The second-order valence-corrected chi connectivity index (χ2v) is 26.6. The lowest BCUT2D eigenvalue weighted by Gasteiger charge is -2.42. The van der Waals surface area contributed by atoms with Gasteiger partial charge in [-0.1, -0.05) is 66.7 Å². The van der Waals surface area contributed by atoms with Gasteiger partial charge in [0.1, 0.15) is 0 Å². The van der Waals surface area contributed by atoms with Gasteiger partial charge in [0, 0.05) is 4.52 Å². The Balaban J connectivity index is 2.02. The van der Waals surface area contributed by atoms with Gasteiger partial charge < -0.3 is 0 Å². The molecule has 4 heterocycles. The van der Waals surface area contributed by atoms with Crippen LogP contribution in [0, 0.1) is 5.92 Å². The highest BCUT2D eigenvalue weighted by molar-refractivity contribution is 8.51. The van der Waals surface area contributed by atoms with Crippen LogP contribution in [0.3, 0.4) is 0 Å². The van der Waals surface area contributed by atoms with Gasteiger partial charge >= 0.3 is 0 Å². The van der Waals surface area contributed by atoms with E-state index in [9.17, 15) is 0 Å². The van der Waals surface area contributed by atoms with Crippen LogP contribution in [0.25, 0.3) is 0 Å². The highest BCUT2D eigenvalue weighted by Crippen LogP contribution is 3.10. The van der Waals surface area contributed by atoms with Gasteiger partial charge in [0.2, 0.25) is 0 Å². The highest BCUT2D eigenvalue weighted by Gasteiger charge is 2.77. The fourth-order valence-corrected chi connectivity index (χ4v) is 38.4. The molecule has 4 aliphatic heterocycles. The molecule has 90 valence electrons. The predicted molar refractivity (Wildman–Crippen MR) is 84.5 cm³/mol. The Kier molecular flexibility index (Phi) is 2.36. The molecule has 4 bridgehead atoms. The molecule has 4 aliphatic rings. The zero-order valence-electron chi connectivity index (χ0n) is 11.4. The van der Waals surface area contributed by atoms with Gasteiger partial charge in [-0.05, 0) is 17.4 Å². The maximum atomic E-state index is 2.74. The lowest BCUT2D eigenvalue weighted by Crippen LogP contribution is -2.48. The Morgan fingerprint density at radius 3 is 2.19 bits per heavy atom. The summed E-state index contributed by atoms with van der Waals surface area (Å²) in [5, 5.41) is 1.20. The van der Waals surface area contributed by atoms with Crippen molar-refractivity contribution in [2.75, 3.05) is 6.16 Å². The Hall–Kier alpha value is 1.03. The molecule has 0 nitrogen and oxygen atoms in total. The largest absolute Gasteiger partial charge is 0.0837 e. The smallest absolute Gasteiger partial charge is 0.0666 e. The van der Waals surface area contributed by atoms with E-state index < -0.39 is 16.1 Å². The van der Waals surface area contributed by atoms with Gasteiger partial charge in [-0.2, -0.15) is 0 Å². The van der Waals surface area contributed by atoms with E-state index in [1.807, 2.05) is 0 Å². The molecular weight excluding hydrogens is 262 g/mol. The van der Waals surface area contributed by atoms with Crippen LogP contribution >= 0.6 is 15.2 Å². The second-order valence-electron chi connectivity index (χ2n) is 7.74. The van der Waals surface area contributed by atoms with Crippen molar-refractivity contribution in [3.63, 3.8) is 0 Å². The fraction of sp³-hybridized carbons (Fsp3) is 0.833. The van der Waals surface area contributed by atoms with E-state index in [4.69, 9.17) is 0 Å². The first-order valence-electron chi connectivity index (χ1n) is 6.46. The molecule has 3 unspecified atom stereocenters. The summed E-state index contributed by atoms with van der Waals surface area (Å²) >= 11 is 0. The first-order chi connectivity index (χ1) is 7.19. The molecule has 0 aliphatic carbocycles. The van der Waals surface area contributed by atoms with Crippen molar-refractivity contribution in [2.45, 2.75) is 49.1 Å². The van der Waals surface area contributed by atoms with Crippen molar-refractivity contribution in [3.05, 3.63) is 12.2 Å². The van der Waals surface area contributed by atoms with E-state index in [-0.39, 0.29) is 0 Å². The number of allylic oxidation sites excluding steroid dienone is 2. The summed E-state index contributed by atoms with van der Waals surface area (Å²) in [6, 6.07) is 0. The molecule has 2 fully saturated rings. The van der Waals surface area contributed by atoms with Crippen LogP contribution in [0.4, 0.5) is 0 Å². The molecule has 16 heavy (non-hydrogen) atoms. The van der Waals surface area contributed by atoms with Crippen LogP contribution in [0.2, 0.25) is 39.3 Å². The number of rotatable bonds is 2. The van der Waals surface area contributed by atoms with Crippen molar-refractivity contribution in [1.82, 2.24) is 0 Å². The summed E-state index contributed by atoms with van der Waals surface area (Å²) in [5.74, 6) is 1.03. The number of hydrogen-bond donors (Lipinski definition) is 0. The molecule has 5 atom stereocenters. The molecule has 0 radical (unpaired) electrons. The molecule has 0 aromatic heterocycles. The minimum Gasteiger partial charge on any atom is -0.0837 e. The van der Waals surface area contributed by atoms with Gasteiger partial charge in [-0.15, -0.1) is 0 Å². The van der Waals surface area contributed by atoms with E-state index in [0.29, 0.717) is 15.2 Å². The fourth-order valence-electron chi connectivity index (χ4n) is 3.94. The third-order valence-electron chi connectivity index (χ3n) is 4.58. The zero-order chi connectivity index (χ0) is 11.9. The Labute approximate surface area is 105 Å². The van der Waals surface area contributed by atoms with Crippen molar-refractivity contribution < 1.29 is 0 Å². The minimum atomic E-state index is -0.959. The van der Waals surface area contributed by atoms with Crippen LogP contribution in [0.15, 0.2) is 12.2 Å². The zero-order valence-corrected chi connectivity index (χ0v) is 15.2. The lowest BCUT2D eigenvalue weighted by molar-refractivity contribution is 0.772. The second kappa shape index (κ2) is 3.13. The normalized spacial score (nSPS) is 49.6. The summed E-state index contributed by atoms with van der Waals surface area (Å²) in [4.78, 5) is 0. The molecule has 4 rings (SSSR count). The summed E-state index contributed by atoms with van der Waals surface area (Å²) in [6.45, 7) is 15.8. The minimum absolute atomic E-state index is 0.466. The summed E-state index contributed by atoms with van der Waals surface area (Å²) in [6.07, 6.45) is 7.03. The van der Waals surface area contributed by atoms with Crippen molar-refractivity contribution in [2.24, 2.45) is 5.92 Å². The topological polar surface area (TPSA) is 0 Å². The molecule has 4 heteroatoms. The average molecular weight is 286 g/mol. The van der Waals surface area contributed by atoms with Crippen LogP contribution < -0.4 is 0 Å². The predicted octanol–water partition coefficient (Wildman–Crippen LogP) is 4.90. The third-order valence-corrected chi connectivity index (χ3v) is 28.7. The average Bonchev–Trinajstić information content (AvgIpc) is 2.64. The van der Waals surface area contributed by atoms with Gasteiger partial charge in [0.25, 0.3) is 0 Å². The quantitative estimate of drug-likeness (QED) is 0.385. The molecule has 2 saturated heterocycles. The maximum absolute atomic E-state index is 2.74. The van der Waals surface area contributed by atoms with Crippen LogP contribution in [-0.2, 0) is 0 Å². The molecule has 0 aromatic carbocycles. The maximum Gasteiger partial charge on any atom is 0.0666 e. The first-order valence-corrected chi connectivity index (χ1v) is 17.2. The molecular formula is C12H24P2Si2. The molecule has 0 N–H and O–H groups in total. The van der Waals surface area contributed by atoms with E-state index in [1.165, 1.54) is 5.28 Å². The monoisotopic (exact) mass is 286 g/mol. The molecule has 0 aromatic rings. The van der Waals surface area contributed by atoms with Crippen molar-refractivity contribution in [3.8, 4) is 0 Å². The molecule has 0 saturated carbocycles. The van der Waals surface area contributed by atoms with E-state index in [1.54, 1.807) is 6.16 Å². The van der Waals surface area contributed by atoms with Gasteiger partial charge in [0.05, 0.1) is 16.1 Å². The van der Waals surface area contributed by atoms with Gasteiger partial charge in [-0.25, -0.2) is 0 Å². The SMILES string of the molecule is C[Si](C)(C)C1[C@@H]2C=C[C@@]3([Si](C)(C)C)P(C2)P13. The summed E-state index contributed by atoms with van der Waals surface area (Å²) in [5.41, 5.74) is 0. The molecule has 0 amide bonds. The Morgan fingerprint density at radius 1 is 1.12 bits per heavy atom. The van der Waals surface area contributed by atoms with Crippen LogP contribution in [0.5, 0.6) is 0 Å². The van der Waals surface area contributed by atoms with Crippen LogP contribution in [0.1, 0.15) is 0 Å². The van der Waals surface area contributed by atoms with E-state index in [0.717, 1.165) is 10.4 Å². The van der Waals surface area contributed by atoms with E-state index in [2.05, 4.69) is 51.4 Å². The van der Waals surface area contributed by atoms with Gasteiger partial charge in [-0.3, -0.25) is 0 Å². The van der Waals surface area contributed by atoms with E-state index >= 15 is 0 Å². The number of hydrogen-bond acceptors (Lipinski definition) is 0. The lowest BCUT2D eigenvalue weighted by atomic mass is 10.2. The standard InChI is InChI=1S/C12H24P2Si2/c1-15(2,3)11-10-7-8-12(16(4,5)6)13(9-10)14(11)12/h7-8,10-11H,9H2,1-6H3/t10-,11?,12-,13?,14?/m1/s1. The summed E-state index contributed by atoms with van der Waals surface area (Å²) in [7, 11) is -0.916. The van der Waals surface area contributed by atoms with Crippen molar-refractivity contribution in [1.29, 1.82) is 0 Å². The Morgan fingerprint density at radius 2 is 1.75 bits per heavy atom. The molecule has 0 spiro atoms. The van der Waals surface area contributed by atoms with Crippen molar-refractivity contribution >= 4 is 31.4 Å². The highest BCUT2D eigenvalue weighted by atomic mass is 32.1.